The van der Waals surface area contributed by atoms with Crippen LogP contribution < -0.4 is 11.1 Å². The monoisotopic (exact) mass is 281 g/mol. The Morgan fingerprint density at radius 2 is 2.26 bits per heavy atom. The lowest BCUT2D eigenvalue weighted by molar-refractivity contribution is -0.113. The lowest BCUT2D eigenvalue weighted by Gasteiger charge is -2.03. The molecule has 7 heteroatoms. The molecule has 100 valence electrons. The molecule has 0 saturated carbocycles. The molecule has 2 aromatic rings. The summed E-state index contributed by atoms with van der Waals surface area (Å²) >= 11 is 1.19. The van der Waals surface area contributed by atoms with Crippen molar-refractivity contribution in [3.63, 3.8) is 0 Å². The molecular formula is C12H12FN3O2S. The number of nitrogen functional groups attached to an aromatic ring is 1. The number of hydrogen-bond acceptors (Lipinski definition) is 5. The number of thioether (sulfide) groups is 1. The van der Waals surface area contributed by atoms with Gasteiger partial charge in [-0.1, -0.05) is 5.16 Å². The highest BCUT2D eigenvalue weighted by atomic mass is 32.2. The SMILES string of the molecule is Cc1cc(NC(=O)CSc2cc(N)cc(F)c2)no1. The Bertz CT molecular complexity index is 580. The van der Waals surface area contributed by atoms with E-state index in [1.165, 1.54) is 23.9 Å². The van der Waals surface area contributed by atoms with E-state index in [4.69, 9.17) is 10.3 Å². The summed E-state index contributed by atoms with van der Waals surface area (Å²) in [6.07, 6.45) is 0. The van der Waals surface area contributed by atoms with E-state index in [2.05, 4.69) is 10.5 Å². The first kappa shape index (κ1) is 13.4. The zero-order valence-electron chi connectivity index (χ0n) is 10.1. The zero-order chi connectivity index (χ0) is 13.8. The van der Waals surface area contributed by atoms with Gasteiger partial charge in [-0.3, -0.25) is 4.79 Å². The molecule has 0 spiro atoms. The van der Waals surface area contributed by atoms with Crippen LogP contribution in [0.25, 0.3) is 0 Å². The molecule has 1 amide bonds. The zero-order valence-corrected chi connectivity index (χ0v) is 11.0. The van der Waals surface area contributed by atoms with E-state index in [1.54, 1.807) is 19.1 Å². The van der Waals surface area contributed by atoms with Crippen molar-refractivity contribution in [1.29, 1.82) is 0 Å². The van der Waals surface area contributed by atoms with Crippen LogP contribution in [0.3, 0.4) is 0 Å². The summed E-state index contributed by atoms with van der Waals surface area (Å²) in [6, 6.07) is 5.78. The molecule has 1 heterocycles. The molecule has 0 aliphatic heterocycles. The highest BCUT2D eigenvalue weighted by Crippen LogP contribution is 2.22. The van der Waals surface area contributed by atoms with E-state index >= 15 is 0 Å². The third kappa shape index (κ3) is 3.99. The van der Waals surface area contributed by atoms with Gasteiger partial charge in [0.2, 0.25) is 5.91 Å². The quantitative estimate of drug-likeness (QED) is 0.664. The molecular weight excluding hydrogens is 269 g/mol. The molecule has 3 N–H and O–H groups in total. The third-order valence-corrected chi connectivity index (χ3v) is 3.13. The van der Waals surface area contributed by atoms with Crippen LogP contribution in [-0.4, -0.2) is 16.8 Å². The van der Waals surface area contributed by atoms with Crippen molar-refractivity contribution in [2.45, 2.75) is 11.8 Å². The molecule has 1 aromatic heterocycles. The Kier molecular flexibility index (Phi) is 4.06. The van der Waals surface area contributed by atoms with Crippen LogP contribution in [0.5, 0.6) is 0 Å². The topological polar surface area (TPSA) is 81.2 Å². The minimum atomic E-state index is -0.421. The summed E-state index contributed by atoms with van der Waals surface area (Å²) in [5.74, 6) is 0.438. The number of halogens is 1. The van der Waals surface area contributed by atoms with Crippen LogP contribution in [-0.2, 0) is 4.79 Å². The molecule has 5 nitrogen and oxygen atoms in total. The van der Waals surface area contributed by atoms with E-state index in [-0.39, 0.29) is 11.7 Å². The van der Waals surface area contributed by atoms with Crippen molar-refractivity contribution in [1.82, 2.24) is 5.16 Å². The molecule has 19 heavy (non-hydrogen) atoms. The number of carbonyl (C=O) groups is 1. The second-order valence-corrected chi connectivity index (χ2v) is 4.93. The molecule has 0 radical (unpaired) electrons. The number of nitrogens with one attached hydrogen (secondary N) is 1. The van der Waals surface area contributed by atoms with Crippen LogP contribution in [0.4, 0.5) is 15.9 Å². The number of benzene rings is 1. The first-order chi connectivity index (χ1) is 9.02. The molecule has 0 aliphatic rings. The van der Waals surface area contributed by atoms with Crippen molar-refractivity contribution in [3.8, 4) is 0 Å². The average molecular weight is 281 g/mol. The smallest absolute Gasteiger partial charge is 0.235 e. The van der Waals surface area contributed by atoms with E-state index in [1.807, 2.05) is 0 Å². The maximum Gasteiger partial charge on any atom is 0.235 e. The fourth-order valence-electron chi connectivity index (χ4n) is 1.42. The van der Waals surface area contributed by atoms with Gasteiger partial charge in [-0.25, -0.2) is 4.39 Å². The fourth-order valence-corrected chi connectivity index (χ4v) is 2.21. The number of amides is 1. The number of nitrogens with two attached hydrogens (primary N) is 1. The number of carbonyl (C=O) groups excluding carboxylic acids is 1. The summed E-state index contributed by atoms with van der Waals surface area (Å²) in [4.78, 5) is 12.2. The number of anilines is 2. The molecule has 0 fully saturated rings. The van der Waals surface area contributed by atoms with Gasteiger partial charge in [-0.2, -0.15) is 0 Å². The van der Waals surface area contributed by atoms with Crippen LogP contribution in [0.2, 0.25) is 0 Å². The van der Waals surface area contributed by atoms with E-state index in [0.717, 1.165) is 0 Å². The minimum absolute atomic E-state index is 0.134. The number of hydrogen-bond donors (Lipinski definition) is 2. The van der Waals surface area contributed by atoms with Gasteiger partial charge >= 0.3 is 0 Å². The Hall–Kier alpha value is -2.02. The largest absolute Gasteiger partial charge is 0.399 e. The summed E-state index contributed by atoms with van der Waals surface area (Å²) in [7, 11) is 0. The highest BCUT2D eigenvalue weighted by molar-refractivity contribution is 8.00. The van der Waals surface area contributed by atoms with Gasteiger partial charge in [-0.05, 0) is 25.1 Å². The number of rotatable bonds is 4. The first-order valence-electron chi connectivity index (χ1n) is 5.45. The maximum atomic E-state index is 13.1. The lowest BCUT2D eigenvalue weighted by Crippen LogP contribution is -2.14. The second-order valence-electron chi connectivity index (χ2n) is 3.88. The van der Waals surface area contributed by atoms with E-state index in [0.29, 0.717) is 22.2 Å². The highest BCUT2D eigenvalue weighted by Gasteiger charge is 2.07. The molecule has 1 aromatic carbocycles. The number of aromatic nitrogens is 1. The minimum Gasteiger partial charge on any atom is -0.399 e. The average Bonchev–Trinajstić information content (AvgIpc) is 2.71. The second kappa shape index (κ2) is 5.75. The summed E-state index contributed by atoms with van der Waals surface area (Å²) in [5.41, 5.74) is 5.84. The predicted molar refractivity (Wildman–Crippen MR) is 71.4 cm³/mol. The van der Waals surface area contributed by atoms with Crippen LogP contribution in [0.15, 0.2) is 33.7 Å². The van der Waals surface area contributed by atoms with Gasteiger partial charge in [0.1, 0.15) is 11.6 Å². The Labute approximate surface area is 113 Å². The van der Waals surface area contributed by atoms with E-state index in [9.17, 15) is 9.18 Å². The Morgan fingerprint density at radius 3 is 2.89 bits per heavy atom. The van der Waals surface area contributed by atoms with Gasteiger partial charge < -0.3 is 15.6 Å². The van der Waals surface area contributed by atoms with Gasteiger partial charge in [0.25, 0.3) is 0 Å². The molecule has 2 rings (SSSR count). The van der Waals surface area contributed by atoms with Gasteiger partial charge in [0, 0.05) is 16.6 Å². The number of aryl methyl sites for hydroxylation is 1. The molecule has 0 saturated heterocycles. The van der Waals surface area contributed by atoms with Crippen LogP contribution >= 0.6 is 11.8 Å². The van der Waals surface area contributed by atoms with Crippen molar-refractivity contribution in [2.24, 2.45) is 0 Å². The number of nitrogens with zero attached hydrogens (tertiary/aromatic N) is 1. The maximum absolute atomic E-state index is 13.1. The normalized spacial score (nSPS) is 10.4. The van der Waals surface area contributed by atoms with Gasteiger partial charge in [0.15, 0.2) is 5.82 Å². The van der Waals surface area contributed by atoms with Crippen LogP contribution in [0.1, 0.15) is 5.76 Å². The van der Waals surface area contributed by atoms with Crippen molar-refractivity contribution in [3.05, 3.63) is 35.8 Å². The van der Waals surface area contributed by atoms with Crippen molar-refractivity contribution < 1.29 is 13.7 Å². The first-order valence-corrected chi connectivity index (χ1v) is 6.43. The molecule has 0 aliphatic carbocycles. The van der Waals surface area contributed by atoms with Crippen molar-refractivity contribution in [2.75, 3.05) is 16.8 Å². The third-order valence-electron chi connectivity index (χ3n) is 2.16. The van der Waals surface area contributed by atoms with Crippen LogP contribution in [0, 0.1) is 12.7 Å². The summed E-state index contributed by atoms with van der Waals surface area (Å²) in [6.45, 7) is 1.73. The lowest BCUT2D eigenvalue weighted by atomic mass is 10.3. The Balaban J connectivity index is 1.89. The summed E-state index contributed by atoms with van der Waals surface area (Å²) in [5, 5.41) is 6.22. The molecule has 0 unspecified atom stereocenters. The van der Waals surface area contributed by atoms with Gasteiger partial charge in [-0.15, -0.1) is 11.8 Å². The fraction of sp³-hybridized carbons (Fsp3) is 0.167. The standard InChI is InChI=1S/C12H12FN3O2S/c1-7-2-11(16-18-7)15-12(17)6-19-10-4-8(13)3-9(14)5-10/h2-5H,6,14H2,1H3,(H,15,16,17). The van der Waals surface area contributed by atoms with E-state index < -0.39 is 5.82 Å². The molecule has 0 atom stereocenters. The Morgan fingerprint density at radius 1 is 1.47 bits per heavy atom. The predicted octanol–water partition coefficient (Wildman–Crippen LogP) is 2.44. The van der Waals surface area contributed by atoms with Gasteiger partial charge in [0.05, 0.1) is 5.75 Å². The molecule has 0 bridgehead atoms. The summed E-state index contributed by atoms with van der Waals surface area (Å²) < 4.78 is 17.9. The van der Waals surface area contributed by atoms with Crippen molar-refractivity contribution >= 4 is 29.2 Å².